The van der Waals surface area contributed by atoms with Crippen LogP contribution in [0.15, 0.2) is 12.1 Å². The van der Waals surface area contributed by atoms with E-state index in [-0.39, 0.29) is 0 Å². The molecule has 102 valence electrons. The van der Waals surface area contributed by atoms with Gasteiger partial charge in [-0.25, -0.2) is 0 Å². The number of nitrogens with zero attached hydrogens (tertiary/aromatic N) is 1. The summed E-state index contributed by atoms with van der Waals surface area (Å²) in [6.07, 6.45) is 4.85. The standard InChI is InChI=1S/C15H25ClN2/c1-4-6-8-18(9-7-5-2)15-11-13(16)14(17)10-12(15)3/h10-11H,4-9,17H2,1-3H3. The van der Waals surface area contributed by atoms with Crippen LogP contribution < -0.4 is 10.6 Å². The number of nitrogen functional groups attached to an aromatic ring is 1. The molecule has 2 nitrogen and oxygen atoms in total. The van der Waals surface area contributed by atoms with Gasteiger partial charge in [0.25, 0.3) is 0 Å². The molecule has 0 bridgehead atoms. The molecule has 0 radical (unpaired) electrons. The predicted octanol–water partition coefficient (Wildman–Crippen LogP) is 4.64. The fourth-order valence-electron chi connectivity index (χ4n) is 2.08. The molecule has 0 saturated carbocycles. The van der Waals surface area contributed by atoms with Crippen LogP contribution >= 0.6 is 11.6 Å². The summed E-state index contributed by atoms with van der Waals surface area (Å²) >= 11 is 6.15. The summed E-state index contributed by atoms with van der Waals surface area (Å²) in [4.78, 5) is 2.44. The highest BCUT2D eigenvalue weighted by molar-refractivity contribution is 6.33. The minimum atomic E-state index is 0.661. The zero-order chi connectivity index (χ0) is 13.5. The molecule has 0 saturated heterocycles. The maximum Gasteiger partial charge on any atom is 0.0656 e. The van der Waals surface area contributed by atoms with E-state index >= 15 is 0 Å². The van der Waals surface area contributed by atoms with E-state index < -0.39 is 0 Å². The quantitative estimate of drug-likeness (QED) is 0.730. The number of halogens is 1. The first-order valence-electron chi connectivity index (χ1n) is 6.90. The zero-order valence-electron chi connectivity index (χ0n) is 11.8. The lowest BCUT2D eigenvalue weighted by Gasteiger charge is -2.27. The van der Waals surface area contributed by atoms with E-state index in [1.807, 2.05) is 12.1 Å². The van der Waals surface area contributed by atoms with Gasteiger partial charge in [-0.2, -0.15) is 0 Å². The third-order valence-electron chi connectivity index (χ3n) is 3.22. The number of anilines is 2. The van der Waals surface area contributed by atoms with Gasteiger partial charge >= 0.3 is 0 Å². The molecule has 0 spiro atoms. The number of aryl methyl sites for hydroxylation is 1. The minimum absolute atomic E-state index is 0.661. The van der Waals surface area contributed by atoms with Gasteiger partial charge in [-0.1, -0.05) is 38.3 Å². The van der Waals surface area contributed by atoms with Gasteiger partial charge in [-0.15, -0.1) is 0 Å². The monoisotopic (exact) mass is 268 g/mol. The third-order valence-corrected chi connectivity index (χ3v) is 3.55. The van der Waals surface area contributed by atoms with Crippen LogP contribution in [0.3, 0.4) is 0 Å². The topological polar surface area (TPSA) is 29.3 Å². The van der Waals surface area contributed by atoms with Crippen molar-refractivity contribution >= 4 is 23.0 Å². The summed E-state index contributed by atoms with van der Waals surface area (Å²) in [5.41, 5.74) is 8.95. The fourth-order valence-corrected chi connectivity index (χ4v) is 2.24. The van der Waals surface area contributed by atoms with E-state index in [1.54, 1.807) is 0 Å². The predicted molar refractivity (Wildman–Crippen MR) is 82.6 cm³/mol. The molecule has 1 aromatic rings. The van der Waals surface area contributed by atoms with Crippen LogP contribution in [0.5, 0.6) is 0 Å². The molecule has 0 fully saturated rings. The van der Waals surface area contributed by atoms with Gasteiger partial charge in [0.15, 0.2) is 0 Å². The van der Waals surface area contributed by atoms with Crippen molar-refractivity contribution in [2.75, 3.05) is 23.7 Å². The Morgan fingerprint density at radius 3 is 2.17 bits per heavy atom. The maximum absolute atomic E-state index is 6.15. The first kappa shape index (κ1) is 15.2. The van der Waals surface area contributed by atoms with E-state index in [0.29, 0.717) is 10.7 Å². The maximum atomic E-state index is 6.15. The zero-order valence-corrected chi connectivity index (χ0v) is 12.6. The number of nitrogens with two attached hydrogens (primary N) is 1. The summed E-state index contributed by atoms with van der Waals surface area (Å²) in [6.45, 7) is 8.74. The van der Waals surface area contributed by atoms with Crippen LogP contribution in [0.4, 0.5) is 11.4 Å². The highest BCUT2D eigenvalue weighted by atomic mass is 35.5. The number of hydrogen-bond acceptors (Lipinski definition) is 2. The summed E-state index contributed by atoms with van der Waals surface area (Å²) in [6, 6.07) is 3.99. The van der Waals surface area contributed by atoms with Gasteiger partial charge in [0, 0.05) is 18.8 Å². The summed E-state index contributed by atoms with van der Waals surface area (Å²) in [5.74, 6) is 0. The molecule has 1 rings (SSSR count). The van der Waals surface area contributed by atoms with Crippen LogP contribution in [0.2, 0.25) is 5.02 Å². The van der Waals surface area contributed by atoms with E-state index in [2.05, 4.69) is 25.7 Å². The Kier molecular flexibility index (Phi) is 6.34. The number of hydrogen-bond donors (Lipinski definition) is 1. The van der Waals surface area contributed by atoms with Crippen LogP contribution in [-0.4, -0.2) is 13.1 Å². The van der Waals surface area contributed by atoms with E-state index in [4.69, 9.17) is 17.3 Å². The Hall–Kier alpha value is -0.890. The number of rotatable bonds is 7. The van der Waals surface area contributed by atoms with Crippen molar-refractivity contribution in [3.05, 3.63) is 22.7 Å². The molecule has 1 aromatic carbocycles. The second kappa shape index (κ2) is 7.52. The molecule has 3 heteroatoms. The number of benzene rings is 1. The van der Waals surface area contributed by atoms with Gasteiger partial charge in [-0.05, 0) is 37.5 Å². The second-order valence-corrected chi connectivity index (χ2v) is 5.26. The van der Waals surface area contributed by atoms with Crippen molar-refractivity contribution in [1.29, 1.82) is 0 Å². The first-order valence-corrected chi connectivity index (χ1v) is 7.28. The SMILES string of the molecule is CCCCN(CCCC)c1cc(Cl)c(N)cc1C. The number of unbranched alkanes of at least 4 members (excludes halogenated alkanes) is 2. The van der Waals surface area contributed by atoms with Crippen molar-refractivity contribution < 1.29 is 0 Å². The van der Waals surface area contributed by atoms with Gasteiger partial charge in [0.2, 0.25) is 0 Å². The Morgan fingerprint density at radius 2 is 1.67 bits per heavy atom. The lowest BCUT2D eigenvalue weighted by Crippen LogP contribution is -2.26. The Bertz CT molecular complexity index is 369. The average molecular weight is 269 g/mol. The lowest BCUT2D eigenvalue weighted by molar-refractivity contribution is 0.677. The molecule has 0 unspecified atom stereocenters. The molecule has 18 heavy (non-hydrogen) atoms. The Balaban J connectivity index is 2.92. The summed E-state index contributed by atoms with van der Waals surface area (Å²) < 4.78 is 0. The molecular formula is C15H25ClN2. The molecule has 0 aliphatic rings. The Labute approximate surface area is 116 Å². The van der Waals surface area contributed by atoms with Crippen LogP contribution in [0, 0.1) is 6.92 Å². The largest absolute Gasteiger partial charge is 0.398 e. The lowest BCUT2D eigenvalue weighted by atomic mass is 10.1. The fraction of sp³-hybridized carbons (Fsp3) is 0.600. The molecule has 0 aliphatic carbocycles. The van der Waals surface area contributed by atoms with Gasteiger partial charge < -0.3 is 10.6 Å². The Morgan fingerprint density at radius 1 is 1.11 bits per heavy atom. The minimum Gasteiger partial charge on any atom is -0.398 e. The highest BCUT2D eigenvalue weighted by Crippen LogP contribution is 2.29. The second-order valence-electron chi connectivity index (χ2n) is 4.85. The van der Waals surface area contributed by atoms with Gasteiger partial charge in [-0.3, -0.25) is 0 Å². The first-order chi connectivity index (χ1) is 8.60. The van der Waals surface area contributed by atoms with Crippen molar-refractivity contribution in [2.45, 2.75) is 46.5 Å². The van der Waals surface area contributed by atoms with Crippen molar-refractivity contribution in [1.82, 2.24) is 0 Å². The van der Waals surface area contributed by atoms with Crippen molar-refractivity contribution in [3.63, 3.8) is 0 Å². The average Bonchev–Trinajstić information content (AvgIpc) is 2.35. The van der Waals surface area contributed by atoms with E-state index in [1.165, 1.54) is 36.9 Å². The highest BCUT2D eigenvalue weighted by Gasteiger charge is 2.11. The molecule has 0 atom stereocenters. The molecule has 0 amide bonds. The molecule has 0 aromatic heterocycles. The van der Waals surface area contributed by atoms with Crippen molar-refractivity contribution in [2.24, 2.45) is 0 Å². The third kappa shape index (κ3) is 4.09. The van der Waals surface area contributed by atoms with Gasteiger partial charge in [0.05, 0.1) is 10.7 Å². The van der Waals surface area contributed by atoms with Gasteiger partial charge in [0.1, 0.15) is 0 Å². The normalized spacial score (nSPS) is 10.7. The smallest absolute Gasteiger partial charge is 0.0656 e. The molecule has 0 aliphatic heterocycles. The summed E-state index contributed by atoms with van der Waals surface area (Å²) in [5, 5.41) is 0.661. The van der Waals surface area contributed by atoms with Crippen LogP contribution in [0.25, 0.3) is 0 Å². The molecular weight excluding hydrogens is 244 g/mol. The van der Waals surface area contributed by atoms with E-state index in [0.717, 1.165) is 13.1 Å². The van der Waals surface area contributed by atoms with Crippen LogP contribution in [0.1, 0.15) is 45.1 Å². The van der Waals surface area contributed by atoms with Crippen LogP contribution in [-0.2, 0) is 0 Å². The molecule has 2 N–H and O–H groups in total. The summed E-state index contributed by atoms with van der Waals surface area (Å²) in [7, 11) is 0. The van der Waals surface area contributed by atoms with E-state index in [9.17, 15) is 0 Å². The molecule has 0 heterocycles. The van der Waals surface area contributed by atoms with Crippen molar-refractivity contribution in [3.8, 4) is 0 Å².